The van der Waals surface area contributed by atoms with E-state index in [2.05, 4.69) is 5.32 Å². The molecular formula is C12H21NO4. The smallest absolute Gasteiger partial charge is 0.326 e. The molecule has 0 aliphatic carbocycles. The lowest BCUT2D eigenvalue weighted by molar-refractivity contribution is -0.147. The van der Waals surface area contributed by atoms with Crippen LogP contribution in [0.5, 0.6) is 0 Å². The van der Waals surface area contributed by atoms with Gasteiger partial charge in [0.15, 0.2) is 0 Å². The van der Waals surface area contributed by atoms with Gasteiger partial charge in [0.25, 0.3) is 0 Å². The lowest BCUT2D eigenvalue weighted by atomic mass is 9.86. The minimum absolute atomic E-state index is 0.0728. The fraction of sp³-hybridized carbons (Fsp3) is 0.833. The van der Waals surface area contributed by atoms with E-state index in [1.165, 1.54) is 0 Å². The van der Waals surface area contributed by atoms with Crippen LogP contribution in [0, 0.1) is 5.41 Å². The minimum Gasteiger partial charge on any atom is -0.480 e. The third-order valence-electron chi connectivity index (χ3n) is 2.92. The third kappa shape index (κ3) is 3.70. The zero-order valence-corrected chi connectivity index (χ0v) is 10.8. The second-order valence-electron chi connectivity index (χ2n) is 5.66. The predicted octanol–water partition coefficient (Wildman–Crippen LogP) is 1.17. The summed E-state index contributed by atoms with van der Waals surface area (Å²) in [4.78, 5) is 23.0. The van der Waals surface area contributed by atoms with E-state index in [0.29, 0.717) is 6.42 Å². The molecule has 1 saturated heterocycles. The van der Waals surface area contributed by atoms with Crippen molar-refractivity contribution in [3.05, 3.63) is 0 Å². The van der Waals surface area contributed by atoms with Crippen LogP contribution in [0.1, 0.15) is 40.5 Å². The van der Waals surface area contributed by atoms with E-state index in [9.17, 15) is 9.59 Å². The molecular weight excluding hydrogens is 222 g/mol. The summed E-state index contributed by atoms with van der Waals surface area (Å²) in [6.07, 6.45) is 1.06. The van der Waals surface area contributed by atoms with Crippen LogP contribution in [0.4, 0.5) is 0 Å². The number of amides is 1. The van der Waals surface area contributed by atoms with Crippen molar-refractivity contribution in [2.75, 3.05) is 0 Å². The van der Waals surface area contributed by atoms with E-state index >= 15 is 0 Å². The molecule has 1 aliphatic heterocycles. The SMILES string of the molecule is CC1CCC(C(=O)N[C@H](C(=O)O)C(C)(C)C)O1. The van der Waals surface area contributed by atoms with Gasteiger partial charge in [-0.15, -0.1) is 0 Å². The van der Waals surface area contributed by atoms with Crippen molar-refractivity contribution >= 4 is 11.9 Å². The molecule has 5 heteroatoms. The van der Waals surface area contributed by atoms with E-state index in [-0.39, 0.29) is 12.0 Å². The topological polar surface area (TPSA) is 75.6 Å². The Morgan fingerprint density at radius 3 is 2.29 bits per heavy atom. The van der Waals surface area contributed by atoms with E-state index < -0.39 is 23.5 Å². The first-order chi connectivity index (χ1) is 7.71. The van der Waals surface area contributed by atoms with Crippen LogP contribution in [0.15, 0.2) is 0 Å². The molecule has 5 nitrogen and oxygen atoms in total. The average molecular weight is 243 g/mol. The quantitative estimate of drug-likeness (QED) is 0.780. The van der Waals surface area contributed by atoms with E-state index in [0.717, 1.165) is 6.42 Å². The summed E-state index contributed by atoms with van der Waals surface area (Å²) in [6.45, 7) is 7.25. The summed E-state index contributed by atoms with van der Waals surface area (Å²) in [7, 11) is 0. The van der Waals surface area contributed by atoms with Crippen LogP contribution in [0.2, 0.25) is 0 Å². The highest BCUT2D eigenvalue weighted by molar-refractivity contribution is 5.86. The van der Waals surface area contributed by atoms with Crippen molar-refractivity contribution in [1.82, 2.24) is 5.32 Å². The minimum atomic E-state index is -1.02. The molecule has 0 spiro atoms. The highest BCUT2D eigenvalue weighted by atomic mass is 16.5. The Morgan fingerprint density at radius 2 is 1.94 bits per heavy atom. The number of nitrogens with one attached hydrogen (secondary N) is 1. The molecule has 1 rings (SSSR count). The van der Waals surface area contributed by atoms with Crippen molar-refractivity contribution in [2.24, 2.45) is 5.41 Å². The number of hydrogen-bond donors (Lipinski definition) is 2. The van der Waals surface area contributed by atoms with Crippen LogP contribution >= 0.6 is 0 Å². The van der Waals surface area contributed by atoms with Crippen LogP contribution in [0.3, 0.4) is 0 Å². The van der Waals surface area contributed by atoms with Gasteiger partial charge in [0, 0.05) is 0 Å². The van der Waals surface area contributed by atoms with Gasteiger partial charge >= 0.3 is 5.97 Å². The van der Waals surface area contributed by atoms with Gasteiger partial charge in [0.2, 0.25) is 5.91 Å². The zero-order valence-electron chi connectivity index (χ0n) is 10.8. The number of carbonyl (C=O) groups excluding carboxylic acids is 1. The van der Waals surface area contributed by atoms with Gasteiger partial charge in [-0.3, -0.25) is 4.79 Å². The zero-order chi connectivity index (χ0) is 13.2. The molecule has 17 heavy (non-hydrogen) atoms. The molecule has 0 saturated carbocycles. The molecule has 0 bridgehead atoms. The fourth-order valence-electron chi connectivity index (χ4n) is 1.88. The standard InChI is InChI=1S/C12H21NO4/c1-7-5-6-8(17-7)10(14)13-9(11(15)16)12(2,3)4/h7-9H,5-6H2,1-4H3,(H,13,14)(H,15,16)/t7?,8?,9-/m1/s1. The van der Waals surface area contributed by atoms with E-state index in [1.807, 2.05) is 6.92 Å². The van der Waals surface area contributed by atoms with Crippen LogP contribution in [-0.4, -0.2) is 35.2 Å². The van der Waals surface area contributed by atoms with Crippen molar-refractivity contribution in [1.29, 1.82) is 0 Å². The largest absolute Gasteiger partial charge is 0.480 e. The highest BCUT2D eigenvalue weighted by Gasteiger charge is 2.36. The van der Waals surface area contributed by atoms with Gasteiger partial charge in [-0.2, -0.15) is 0 Å². The number of carboxylic acids is 1. The number of carbonyl (C=O) groups is 2. The molecule has 0 radical (unpaired) electrons. The molecule has 1 heterocycles. The number of carboxylic acid groups (broad SMARTS) is 1. The number of rotatable bonds is 3. The number of aliphatic carboxylic acids is 1. The number of ether oxygens (including phenoxy) is 1. The Hall–Kier alpha value is -1.10. The van der Waals surface area contributed by atoms with Crippen molar-refractivity contribution in [3.8, 4) is 0 Å². The van der Waals surface area contributed by atoms with Crippen molar-refractivity contribution in [2.45, 2.75) is 58.8 Å². The highest BCUT2D eigenvalue weighted by Crippen LogP contribution is 2.22. The maximum absolute atomic E-state index is 11.9. The second-order valence-corrected chi connectivity index (χ2v) is 5.66. The van der Waals surface area contributed by atoms with Crippen LogP contribution < -0.4 is 5.32 Å². The monoisotopic (exact) mass is 243 g/mol. The molecule has 1 fully saturated rings. The first-order valence-electron chi connectivity index (χ1n) is 5.90. The average Bonchev–Trinajstić information content (AvgIpc) is 2.58. The van der Waals surface area contributed by atoms with E-state index in [1.54, 1.807) is 20.8 Å². The molecule has 98 valence electrons. The Labute approximate surface area is 102 Å². The summed E-state index contributed by atoms with van der Waals surface area (Å²) in [5.74, 6) is -1.34. The van der Waals surface area contributed by atoms with Gasteiger partial charge in [-0.05, 0) is 25.2 Å². The Kier molecular flexibility index (Phi) is 4.14. The molecule has 1 amide bonds. The Morgan fingerprint density at radius 1 is 1.35 bits per heavy atom. The molecule has 0 aromatic heterocycles. The summed E-state index contributed by atoms with van der Waals surface area (Å²) >= 11 is 0. The Balaban J connectivity index is 2.62. The molecule has 2 N–H and O–H groups in total. The molecule has 0 aromatic rings. The van der Waals surface area contributed by atoms with Gasteiger partial charge in [-0.25, -0.2) is 4.79 Å². The molecule has 3 atom stereocenters. The lowest BCUT2D eigenvalue weighted by Crippen LogP contribution is -2.51. The van der Waals surface area contributed by atoms with Crippen LogP contribution in [0.25, 0.3) is 0 Å². The van der Waals surface area contributed by atoms with Crippen molar-refractivity contribution in [3.63, 3.8) is 0 Å². The van der Waals surface area contributed by atoms with Crippen molar-refractivity contribution < 1.29 is 19.4 Å². The summed E-state index contributed by atoms with van der Waals surface area (Å²) in [6, 6.07) is -0.894. The summed E-state index contributed by atoms with van der Waals surface area (Å²) in [5, 5.41) is 11.7. The van der Waals surface area contributed by atoms with Gasteiger partial charge in [0.05, 0.1) is 6.10 Å². The fourth-order valence-corrected chi connectivity index (χ4v) is 1.88. The summed E-state index contributed by atoms with van der Waals surface area (Å²) < 4.78 is 5.41. The Bertz CT molecular complexity index is 308. The normalized spacial score (nSPS) is 26.6. The maximum Gasteiger partial charge on any atom is 0.326 e. The first kappa shape index (κ1) is 14.0. The maximum atomic E-state index is 11.9. The molecule has 0 aromatic carbocycles. The van der Waals surface area contributed by atoms with Gasteiger partial charge in [0.1, 0.15) is 12.1 Å². The second kappa shape index (κ2) is 5.04. The summed E-state index contributed by atoms with van der Waals surface area (Å²) in [5.41, 5.74) is -0.522. The van der Waals surface area contributed by atoms with Crippen LogP contribution in [-0.2, 0) is 14.3 Å². The number of hydrogen-bond acceptors (Lipinski definition) is 3. The van der Waals surface area contributed by atoms with Gasteiger partial charge < -0.3 is 15.2 Å². The third-order valence-corrected chi connectivity index (χ3v) is 2.92. The molecule has 2 unspecified atom stereocenters. The first-order valence-corrected chi connectivity index (χ1v) is 5.90. The van der Waals surface area contributed by atoms with E-state index in [4.69, 9.17) is 9.84 Å². The predicted molar refractivity (Wildman–Crippen MR) is 62.6 cm³/mol. The molecule has 1 aliphatic rings. The lowest BCUT2D eigenvalue weighted by Gasteiger charge is -2.28. The van der Waals surface area contributed by atoms with Gasteiger partial charge in [-0.1, -0.05) is 20.8 Å².